The Morgan fingerprint density at radius 3 is 2.48 bits per heavy atom. The molecule has 1 aromatic heterocycles. The number of sulfonamides is 1. The van der Waals surface area contributed by atoms with Crippen LogP contribution in [0.2, 0.25) is 0 Å². The smallest absolute Gasteiger partial charge is 0.263 e. The van der Waals surface area contributed by atoms with E-state index in [2.05, 4.69) is 14.6 Å². The highest BCUT2D eigenvalue weighted by Gasteiger charge is 2.25. The lowest BCUT2D eigenvalue weighted by molar-refractivity contribution is 0.0742. The fourth-order valence-electron chi connectivity index (χ4n) is 3.42. The summed E-state index contributed by atoms with van der Waals surface area (Å²) in [5.74, 6) is -0.822. The fourth-order valence-corrected chi connectivity index (χ4v) is 5.21. The summed E-state index contributed by atoms with van der Waals surface area (Å²) in [6.45, 7) is 3.88. The van der Waals surface area contributed by atoms with Gasteiger partial charge in [0.2, 0.25) is 0 Å². The maximum Gasteiger partial charge on any atom is 0.263 e. The van der Waals surface area contributed by atoms with Gasteiger partial charge in [0, 0.05) is 44.9 Å². The lowest BCUT2D eigenvalue weighted by Gasteiger charge is -2.36. The molecule has 7 nitrogen and oxygen atoms in total. The van der Waals surface area contributed by atoms with Gasteiger partial charge in [-0.15, -0.1) is 11.3 Å². The number of nitrogens with one attached hydrogen (secondary N) is 1. The first-order valence-electron chi connectivity index (χ1n) is 9.66. The van der Waals surface area contributed by atoms with Crippen LogP contribution in [-0.4, -0.2) is 50.4 Å². The molecule has 0 aliphatic carbocycles. The van der Waals surface area contributed by atoms with Crippen LogP contribution in [0, 0.1) is 12.7 Å². The predicted octanol–water partition coefficient (Wildman–Crippen LogP) is 3.60. The average Bonchev–Trinajstić information content (AvgIpc) is 3.27. The van der Waals surface area contributed by atoms with E-state index in [0.717, 1.165) is 11.3 Å². The van der Waals surface area contributed by atoms with Crippen LogP contribution in [0.4, 0.5) is 15.2 Å². The number of benzene rings is 2. The highest BCUT2D eigenvalue weighted by molar-refractivity contribution is 7.93. The molecule has 1 fully saturated rings. The number of halogens is 1. The van der Waals surface area contributed by atoms with Crippen molar-refractivity contribution in [2.75, 3.05) is 35.8 Å². The molecule has 1 amide bonds. The van der Waals surface area contributed by atoms with Gasteiger partial charge in [0.05, 0.1) is 10.5 Å². The van der Waals surface area contributed by atoms with Gasteiger partial charge in [-0.25, -0.2) is 17.8 Å². The quantitative estimate of drug-likeness (QED) is 0.627. The van der Waals surface area contributed by atoms with Gasteiger partial charge in [-0.1, -0.05) is 11.6 Å². The van der Waals surface area contributed by atoms with Crippen molar-refractivity contribution >= 4 is 38.1 Å². The number of carbonyl (C=O) groups is 1. The van der Waals surface area contributed by atoms with Crippen LogP contribution in [0.25, 0.3) is 0 Å². The van der Waals surface area contributed by atoms with Gasteiger partial charge >= 0.3 is 0 Å². The number of hydrogen-bond acceptors (Lipinski definition) is 6. The monoisotopic (exact) mass is 462 g/mol. The summed E-state index contributed by atoms with van der Waals surface area (Å²) >= 11 is 1.21. The van der Waals surface area contributed by atoms with Crippen LogP contribution in [-0.2, 0) is 10.0 Å². The van der Waals surface area contributed by atoms with E-state index in [4.69, 9.17) is 0 Å². The van der Waals surface area contributed by atoms with Gasteiger partial charge in [0.1, 0.15) is 5.82 Å². The molecule has 0 bridgehead atoms. The third-order valence-electron chi connectivity index (χ3n) is 5.09. The molecule has 1 N–H and O–H groups in total. The van der Waals surface area contributed by atoms with Crippen molar-refractivity contribution in [2.24, 2.45) is 0 Å². The average molecular weight is 463 g/mol. The van der Waals surface area contributed by atoms with E-state index < -0.39 is 15.8 Å². The van der Waals surface area contributed by atoms with Crippen LogP contribution in [0.3, 0.4) is 0 Å². The molecule has 164 valence electrons. The summed E-state index contributed by atoms with van der Waals surface area (Å²) in [6.07, 6.45) is 1.53. The van der Waals surface area contributed by atoms with Crippen molar-refractivity contribution in [3.63, 3.8) is 0 Å². The lowest BCUT2D eigenvalue weighted by atomic mass is 10.1. The summed E-state index contributed by atoms with van der Waals surface area (Å²) in [7, 11) is -3.70. The van der Waals surface area contributed by atoms with Crippen LogP contribution in [0.5, 0.6) is 0 Å². The van der Waals surface area contributed by atoms with E-state index in [1.54, 1.807) is 46.7 Å². The topological polar surface area (TPSA) is 82.6 Å². The summed E-state index contributed by atoms with van der Waals surface area (Å²) in [5, 5.41) is 2.01. The van der Waals surface area contributed by atoms with Crippen molar-refractivity contribution in [1.29, 1.82) is 0 Å². The highest BCUT2D eigenvalue weighted by atomic mass is 32.2. The van der Waals surface area contributed by atoms with Crippen molar-refractivity contribution in [2.45, 2.75) is 11.8 Å². The first-order valence-corrected chi connectivity index (χ1v) is 12.0. The Balaban J connectivity index is 0.00000289. The zero-order valence-corrected chi connectivity index (χ0v) is 18.4. The van der Waals surface area contributed by atoms with Crippen molar-refractivity contribution in [3.05, 3.63) is 71.0 Å². The van der Waals surface area contributed by atoms with Crippen LogP contribution < -0.4 is 9.62 Å². The fraction of sp³-hybridized carbons (Fsp3) is 0.238. The minimum absolute atomic E-state index is 0. The van der Waals surface area contributed by atoms with Crippen molar-refractivity contribution in [1.82, 2.24) is 9.88 Å². The highest BCUT2D eigenvalue weighted by Crippen LogP contribution is 2.23. The van der Waals surface area contributed by atoms with Gasteiger partial charge in [-0.3, -0.25) is 9.52 Å². The van der Waals surface area contributed by atoms with Crippen LogP contribution >= 0.6 is 11.3 Å². The summed E-state index contributed by atoms with van der Waals surface area (Å²) in [4.78, 5) is 20.5. The molecule has 1 aliphatic heterocycles. The normalized spacial score (nSPS) is 14.5. The largest absolute Gasteiger partial charge is 0.368 e. The molecule has 1 saturated heterocycles. The molecule has 0 saturated carbocycles. The van der Waals surface area contributed by atoms with E-state index in [-0.39, 0.29) is 17.8 Å². The zero-order valence-electron chi connectivity index (χ0n) is 16.8. The molecule has 2 aromatic carbocycles. The number of piperazine rings is 1. The third-order valence-corrected chi connectivity index (χ3v) is 7.26. The molecule has 0 radical (unpaired) electrons. The Labute approximate surface area is 185 Å². The van der Waals surface area contributed by atoms with Gasteiger partial charge in [0.25, 0.3) is 15.9 Å². The van der Waals surface area contributed by atoms with E-state index in [9.17, 15) is 17.6 Å². The predicted molar refractivity (Wildman–Crippen MR) is 121 cm³/mol. The molecule has 1 aliphatic rings. The SMILES string of the molecule is Cc1ccc(F)c(C(=O)N2CCN(c3ccc(S(=O)(=O)Nc4nccs4)cc3)CC2)c1.[HH]. The number of rotatable bonds is 5. The van der Waals surface area contributed by atoms with Crippen LogP contribution in [0.15, 0.2) is 58.9 Å². The van der Waals surface area contributed by atoms with Gasteiger partial charge in [0.15, 0.2) is 5.13 Å². The molecule has 2 heterocycles. The molecule has 31 heavy (non-hydrogen) atoms. The van der Waals surface area contributed by atoms with Gasteiger partial charge < -0.3 is 9.80 Å². The maximum atomic E-state index is 14.1. The first kappa shape index (κ1) is 21.3. The molecular formula is C21H23FN4O3S2. The number of aryl methyl sites for hydroxylation is 1. The minimum atomic E-state index is -3.70. The van der Waals surface area contributed by atoms with Crippen molar-refractivity contribution in [3.8, 4) is 0 Å². The Hall–Kier alpha value is -2.98. The van der Waals surface area contributed by atoms with E-state index in [0.29, 0.717) is 31.3 Å². The number of thiazole rings is 1. The maximum absolute atomic E-state index is 14.1. The number of amides is 1. The number of nitrogens with zero attached hydrogens (tertiary/aromatic N) is 3. The number of aromatic nitrogens is 1. The standard InChI is InChI=1S/C21H21FN4O3S2.H2/c1-15-2-7-19(22)18(14-15)20(27)26-11-9-25(10-12-26)16-3-5-17(6-4-16)31(28,29)24-21-23-8-13-30-21;/h2-8,13-14H,9-12H2,1H3,(H,23,24);1H. The number of hydrogen-bond donors (Lipinski definition) is 1. The molecular weight excluding hydrogens is 439 g/mol. The third kappa shape index (κ3) is 4.70. The second-order valence-corrected chi connectivity index (χ2v) is 9.78. The van der Waals surface area contributed by atoms with E-state index in [1.165, 1.54) is 23.6 Å². The molecule has 4 rings (SSSR count). The second kappa shape index (κ2) is 8.64. The molecule has 0 atom stereocenters. The second-order valence-electron chi connectivity index (χ2n) is 7.20. The number of anilines is 2. The van der Waals surface area contributed by atoms with Crippen LogP contribution in [0.1, 0.15) is 17.3 Å². The van der Waals surface area contributed by atoms with Gasteiger partial charge in [-0.05, 0) is 43.3 Å². The zero-order chi connectivity index (χ0) is 22.0. The summed E-state index contributed by atoms with van der Waals surface area (Å²) in [5.41, 5.74) is 1.79. The van der Waals surface area contributed by atoms with E-state index >= 15 is 0 Å². The Morgan fingerprint density at radius 2 is 1.84 bits per heavy atom. The van der Waals surface area contributed by atoms with Gasteiger partial charge in [-0.2, -0.15) is 0 Å². The Bertz CT molecular complexity index is 1180. The lowest BCUT2D eigenvalue weighted by Crippen LogP contribution is -2.49. The van der Waals surface area contributed by atoms with E-state index in [1.807, 2.05) is 6.92 Å². The molecule has 0 spiro atoms. The Kier molecular flexibility index (Phi) is 5.92. The van der Waals surface area contributed by atoms with Crippen molar-refractivity contribution < 1.29 is 19.0 Å². The first-order chi connectivity index (χ1) is 14.8. The molecule has 0 unspecified atom stereocenters. The molecule has 10 heteroatoms. The number of carbonyl (C=O) groups excluding carboxylic acids is 1. The summed E-state index contributed by atoms with van der Waals surface area (Å²) < 4.78 is 41.4. The summed E-state index contributed by atoms with van der Waals surface area (Å²) in [6, 6.07) is 11.1. The molecule has 3 aromatic rings. The minimum Gasteiger partial charge on any atom is -0.368 e. The Morgan fingerprint density at radius 1 is 1.13 bits per heavy atom.